The van der Waals surface area contributed by atoms with E-state index in [9.17, 15) is 9.18 Å². The van der Waals surface area contributed by atoms with Gasteiger partial charge in [-0.15, -0.1) is 0 Å². The first-order valence-electron chi connectivity index (χ1n) is 19.3. The van der Waals surface area contributed by atoms with Crippen LogP contribution in [0, 0.1) is 21.0 Å². The van der Waals surface area contributed by atoms with E-state index >= 15 is 8.78 Å². The van der Waals surface area contributed by atoms with E-state index in [-0.39, 0.29) is 97.5 Å². The average Bonchev–Trinajstić information content (AvgIpc) is 3.78. The fourth-order valence-corrected chi connectivity index (χ4v) is 10.1. The standard InChI is InChI=1S/C41H42F3N6O6.Tl/c1-6-26-28(43)10-8-22-14-25(55-21-52-5)15-27(31(22)26)34-33(44)35-32-36(47-38(46-35)54-20-41-12-7-13-48(41)17-23(42)16-41)49-18-24-9-11-29(30(49)19-53-37(32)45-34)50(24)39(51)56-40(2,3)4;/h8,10,14-15,23-24,29-30H,7,9,11-13,16-21H2,2-5H3;/t23-,24+,29-,30+,41+;/m1./s1. The molecule has 0 saturated carbocycles. The Morgan fingerprint density at radius 2 is 1.93 bits per heavy atom. The molecule has 0 aliphatic carbocycles. The van der Waals surface area contributed by atoms with Crippen LogP contribution < -0.4 is 19.1 Å². The van der Waals surface area contributed by atoms with Gasteiger partial charge in [-0.05, 0) is 53.0 Å². The summed E-state index contributed by atoms with van der Waals surface area (Å²) in [6.07, 6.45) is 2.11. The number of rotatable bonds is 7. The van der Waals surface area contributed by atoms with Crippen LogP contribution in [0.15, 0.2) is 24.3 Å². The van der Waals surface area contributed by atoms with E-state index in [0.29, 0.717) is 48.3 Å². The van der Waals surface area contributed by atoms with Gasteiger partial charge in [0.25, 0.3) is 0 Å². The summed E-state index contributed by atoms with van der Waals surface area (Å²) in [6.45, 7) is 7.17. The fraction of sp³-hybridized carbons (Fsp3) is 0.512. The summed E-state index contributed by atoms with van der Waals surface area (Å²) in [5, 5.41) is 1.17. The molecular formula is C41H42F3N6O6Tl. The molecule has 12 nitrogen and oxygen atoms in total. The molecule has 2 aromatic carbocycles. The molecule has 0 unspecified atom stereocenters. The Labute approximate surface area is 344 Å². The van der Waals surface area contributed by atoms with Crippen LogP contribution in [0.25, 0.3) is 32.9 Å². The number of carbonyl (C=O) groups is 1. The van der Waals surface area contributed by atoms with Gasteiger partial charge in [0, 0.05) is 13.0 Å². The molecule has 9 rings (SSSR count). The monoisotopic (exact) mass is 976 g/mol. The van der Waals surface area contributed by atoms with Crippen molar-refractivity contribution in [1.29, 1.82) is 0 Å². The van der Waals surface area contributed by atoms with Crippen LogP contribution in [-0.4, -0.2) is 139 Å². The van der Waals surface area contributed by atoms with Crippen molar-refractivity contribution in [1.82, 2.24) is 24.8 Å². The number of ether oxygens (including phenoxy) is 5. The van der Waals surface area contributed by atoms with E-state index in [1.54, 1.807) is 18.2 Å². The van der Waals surface area contributed by atoms with Crippen molar-refractivity contribution >= 4 is 59.4 Å². The number of nitrogens with zero attached hydrogens (tertiary/aromatic N) is 6. The first-order valence-corrected chi connectivity index (χ1v) is 21.6. The van der Waals surface area contributed by atoms with Gasteiger partial charge in [-0.3, -0.25) is 9.80 Å². The zero-order valence-electron chi connectivity index (χ0n) is 32.2. The number of piperazine rings is 1. The predicted molar refractivity (Wildman–Crippen MR) is 205 cm³/mol. The number of methoxy groups -OCH3 is 1. The Balaban J connectivity index is 1.22. The summed E-state index contributed by atoms with van der Waals surface area (Å²) < 4.78 is 80.7. The number of aromatic nitrogens is 3. The molecule has 2 aromatic heterocycles. The zero-order valence-corrected chi connectivity index (χ0v) is 36.7. The Bertz CT molecular complexity index is 2350. The third-order valence-electron chi connectivity index (χ3n) is 11.8. The maximum absolute atomic E-state index is 17.6. The number of fused-ring (bicyclic) bond motifs is 7. The molecule has 0 N–H and O–H groups in total. The van der Waals surface area contributed by atoms with Gasteiger partial charge in [0.05, 0.1) is 11.6 Å². The Kier molecular flexibility index (Phi) is 9.83. The second kappa shape index (κ2) is 14.6. The molecule has 16 heteroatoms. The number of pyridine rings is 1. The third kappa shape index (κ3) is 6.68. The van der Waals surface area contributed by atoms with E-state index in [0.717, 1.165) is 25.8 Å². The number of carbonyl (C=O) groups excluding carboxylic acids is 1. The summed E-state index contributed by atoms with van der Waals surface area (Å²) in [4.78, 5) is 34.1. The van der Waals surface area contributed by atoms with Crippen LogP contribution in [0.5, 0.6) is 17.6 Å². The summed E-state index contributed by atoms with van der Waals surface area (Å²) in [7, 11) is 1.49. The topological polar surface area (TPSA) is 112 Å². The number of anilines is 1. The Hall–Kier alpha value is -4.15. The third-order valence-corrected chi connectivity index (χ3v) is 12.4. The molecular weight excluding hydrogens is 934 g/mol. The maximum atomic E-state index is 17.6. The van der Waals surface area contributed by atoms with Crippen LogP contribution >= 0.6 is 0 Å². The van der Waals surface area contributed by atoms with Gasteiger partial charge in [0.15, 0.2) is 0 Å². The van der Waals surface area contributed by atoms with Gasteiger partial charge in [0.2, 0.25) is 0 Å². The molecule has 57 heavy (non-hydrogen) atoms. The van der Waals surface area contributed by atoms with Crippen molar-refractivity contribution in [3.8, 4) is 38.3 Å². The quantitative estimate of drug-likeness (QED) is 0.126. The number of halogens is 3. The van der Waals surface area contributed by atoms with Crippen molar-refractivity contribution in [2.75, 3.05) is 51.7 Å². The van der Waals surface area contributed by atoms with Crippen LogP contribution in [-0.2, 0) is 9.47 Å². The SMILES string of the molecule is COCOc1cc(-c2nc3c4c(nc(OC[C@@]56CCCN5C[C@H](F)C6)nc4c2F)N2C[C@@H]4CC[C@H]([C@@H]2CO3)N4C(=O)OC(C)(C)C)c2c(C#[C][Tl])c(F)ccc2c1. The Morgan fingerprint density at radius 1 is 1.09 bits per heavy atom. The summed E-state index contributed by atoms with van der Waals surface area (Å²) in [5.41, 5.74) is -1.11. The number of alkyl halides is 1. The molecule has 296 valence electrons. The molecule has 5 aliphatic heterocycles. The zero-order chi connectivity index (χ0) is 39.8. The molecule has 4 saturated heterocycles. The van der Waals surface area contributed by atoms with Gasteiger partial charge in [-0.1, -0.05) is 0 Å². The van der Waals surface area contributed by atoms with E-state index in [2.05, 4.69) is 19.2 Å². The molecule has 2 bridgehead atoms. The molecule has 1 amide bonds. The van der Waals surface area contributed by atoms with Crippen molar-refractivity contribution in [3.63, 3.8) is 0 Å². The van der Waals surface area contributed by atoms with Gasteiger partial charge in [-0.25, -0.2) is 9.18 Å². The van der Waals surface area contributed by atoms with E-state index < -0.39 is 41.1 Å². The molecule has 5 aliphatic rings. The summed E-state index contributed by atoms with van der Waals surface area (Å²) in [6, 6.07) is 5.26. The van der Waals surface area contributed by atoms with Crippen molar-refractivity contribution < 1.29 is 41.7 Å². The first-order chi connectivity index (χ1) is 27.4. The van der Waals surface area contributed by atoms with Gasteiger partial charge in [0.1, 0.15) is 11.8 Å². The predicted octanol–water partition coefficient (Wildman–Crippen LogP) is 5.89. The normalized spacial score (nSPS) is 25.1. The number of amides is 1. The molecule has 4 fully saturated rings. The number of hydrogen-bond acceptors (Lipinski definition) is 11. The molecule has 7 heterocycles. The first kappa shape index (κ1) is 38.4. The van der Waals surface area contributed by atoms with Crippen molar-refractivity contribution in [3.05, 3.63) is 41.5 Å². The molecule has 5 atom stereocenters. The van der Waals surface area contributed by atoms with Gasteiger partial charge >= 0.3 is 232 Å². The average molecular weight is 976 g/mol. The van der Waals surface area contributed by atoms with E-state index in [1.165, 1.54) is 13.2 Å². The molecule has 0 radical (unpaired) electrons. The van der Waals surface area contributed by atoms with Gasteiger partial charge in [-0.2, -0.15) is 0 Å². The van der Waals surface area contributed by atoms with Crippen LogP contribution in [0.4, 0.5) is 23.8 Å². The van der Waals surface area contributed by atoms with E-state index in [4.69, 9.17) is 38.6 Å². The minimum atomic E-state index is -0.965. The Morgan fingerprint density at radius 3 is 2.72 bits per heavy atom. The fourth-order valence-electron chi connectivity index (χ4n) is 9.56. The summed E-state index contributed by atoms with van der Waals surface area (Å²) >= 11 is 0.263. The van der Waals surface area contributed by atoms with Crippen molar-refractivity contribution in [2.45, 2.75) is 88.3 Å². The van der Waals surface area contributed by atoms with E-state index in [1.807, 2.05) is 25.7 Å². The minimum absolute atomic E-state index is 0.0674. The number of hydrogen-bond donors (Lipinski definition) is 0. The van der Waals surface area contributed by atoms with Crippen LogP contribution in [0.1, 0.15) is 58.4 Å². The van der Waals surface area contributed by atoms with Gasteiger partial charge < -0.3 is 4.74 Å². The number of benzene rings is 2. The second-order valence-corrected chi connectivity index (χ2v) is 17.6. The van der Waals surface area contributed by atoms with Crippen LogP contribution in [0.2, 0.25) is 0 Å². The summed E-state index contributed by atoms with van der Waals surface area (Å²) in [5.74, 6) is 2.38. The van der Waals surface area contributed by atoms with Crippen molar-refractivity contribution in [2.24, 2.45) is 0 Å². The second-order valence-electron chi connectivity index (χ2n) is 16.5. The molecule has 4 aromatic rings. The molecule has 0 spiro atoms. The van der Waals surface area contributed by atoms with Crippen LogP contribution in [0.3, 0.4) is 0 Å².